The number of nitrogens with zero attached hydrogens (tertiary/aromatic N) is 1. The number of carboxylic acids is 1. The Labute approximate surface area is 118 Å². The van der Waals surface area contributed by atoms with E-state index in [2.05, 4.69) is 24.1 Å². The second-order valence-electron chi connectivity index (χ2n) is 5.75. The van der Waals surface area contributed by atoms with Crippen LogP contribution in [0.15, 0.2) is 6.07 Å². The van der Waals surface area contributed by atoms with Gasteiger partial charge >= 0.3 is 12.0 Å². The van der Waals surface area contributed by atoms with Gasteiger partial charge in [0.05, 0.1) is 5.69 Å². The number of aromatic carboxylic acids is 1. The topological polar surface area (TPSA) is 85.4 Å². The lowest BCUT2D eigenvalue weighted by Gasteiger charge is -2.24. The third kappa shape index (κ3) is 3.31. The van der Waals surface area contributed by atoms with Crippen molar-refractivity contribution in [3.05, 3.63) is 17.5 Å². The molecular weight excluding hydrogens is 258 g/mol. The first-order valence-electron chi connectivity index (χ1n) is 6.89. The van der Waals surface area contributed by atoms with Gasteiger partial charge in [0.2, 0.25) is 0 Å². The number of aromatic amines is 1. The number of carbonyl (C=O) groups excluding carboxylic acids is 1. The number of aryl methyl sites for hydroxylation is 1. The fourth-order valence-electron chi connectivity index (χ4n) is 2.22. The van der Waals surface area contributed by atoms with Gasteiger partial charge in [0.1, 0.15) is 5.69 Å². The number of anilines is 1. The summed E-state index contributed by atoms with van der Waals surface area (Å²) < 4.78 is 0. The molecule has 1 aliphatic carbocycles. The number of carboxylic acid groups (broad SMARTS) is 1. The number of hydrogen-bond acceptors (Lipinski definition) is 2. The highest BCUT2D eigenvalue weighted by Gasteiger charge is 2.33. The maximum atomic E-state index is 12.3. The monoisotopic (exact) mass is 279 g/mol. The van der Waals surface area contributed by atoms with Crippen LogP contribution in [0.3, 0.4) is 0 Å². The Kier molecular flexibility index (Phi) is 4.01. The van der Waals surface area contributed by atoms with E-state index in [1.807, 2.05) is 0 Å². The average molecular weight is 279 g/mol. The molecule has 6 nitrogen and oxygen atoms in total. The molecular formula is C14H21N3O3. The molecule has 0 spiro atoms. The Morgan fingerprint density at radius 3 is 2.65 bits per heavy atom. The molecule has 3 N–H and O–H groups in total. The van der Waals surface area contributed by atoms with Crippen molar-refractivity contribution in [2.24, 2.45) is 5.92 Å². The van der Waals surface area contributed by atoms with Crippen LogP contribution in [0, 0.1) is 12.8 Å². The zero-order chi connectivity index (χ0) is 14.9. The number of rotatable bonds is 5. The van der Waals surface area contributed by atoms with E-state index in [-0.39, 0.29) is 11.7 Å². The lowest BCUT2D eigenvalue weighted by molar-refractivity contribution is 0.0692. The lowest BCUT2D eigenvalue weighted by Crippen LogP contribution is -2.39. The zero-order valence-electron chi connectivity index (χ0n) is 12.1. The predicted molar refractivity (Wildman–Crippen MR) is 76.1 cm³/mol. The van der Waals surface area contributed by atoms with Crippen LogP contribution in [-0.2, 0) is 0 Å². The Balaban J connectivity index is 2.11. The fourth-order valence-corrected chi connectivity index (χ4v) is 2.22. The van der Waals surface area contributed by atoms with Crippen molar-refractivity contribution in [2.75, 3.05) is 11.9 Å². The van der Waals surface area contributed by atoms with Gasteiger partial charge in [-0.2, -0.15) is 0 Å². The van der Waals surface area contributed by atoms with Crippen LogP contribution in [0.25, 0.3) is 0 Å². The number of H-pyrrole nitrogens is 1. The molecule has 1 saturated carbocycles. The lowest BCUT2D eigenvalue weighted by atomic mass is 10.2. The summed E-state index contributed by atoms with van der Waals surface area (Å²) in [6, 6.07) is 1.72. The van der Waals surface area contributed by atoms with Crippen LogP contribution in [0.4, 0.5) is 10.5 Å². The van der Waals surface area contributed by atoms with Crippen molar-refractivity contribution in [1.29, 1.82) is 0 Å². The Morgan fingerprint density at radius 1 is 1.50 bits per heavy atom. The first-order chi connectivity index (χ1) is 9.38. The van der Waals surface area contributed by atoms with Crippen LogP contribution >= 0.6 is 0 Å². The number of urea groups is 1. The molecule has 20 heavy (non-hydrogen) atoms. The van der Waals surface area contributed by atoms with E-state index >= 15 is 0 Å². The molecule has 0 aromatic carbocycles. The van der Waals surface area contributed by atoms with Gasteiger partial charge in [-0.05, 0) is 31.7 Å². The van der Waals surface area contributed by atoms with Crippen LogP contribution in [0.1, 0.15) is 42.9 Å². The van der Waals surface area contributed by atoms with Crippen molar-refractivity contribution >= 4 is 17.7 Å². The summed E-state index contributed by atoms with van der Waals surface area (Å²) >= 11 is 0. The van der Waals surface area contributed by atoms with Crippen LogP contribution in [0.2, 0.25) is 0 Å². The summed E-state index contributed by atoms with van der Waals surface area (Å²) in [4.78, 5) is 28.0. The van der Waals surface area contributed by atoms with Crippen LogP contribution < -0.4 is 5.32 Å². The molecule has 0 bridgehead atoms. The predicted octanol–water partition coefficient (Wildman–Crippen LogP) is 2.67. The third-order valence-corrected chi connectivity index (χ3v) is 3.22. The minimum Gasteiger partial charge on any atom is -0.477 e. The maximum Gasteiger partial charge on any atom is 0.354 e. The summed E-state index contributed by atoms with van der Waals surface area (Å²) in [6.45, 7) is 6.56. The molecule has 1 fully saturated rings. The van der Waals surface area contributed by atoms with Gasteiger partial charge < -0.3 is 20.3 Å². The highest BCUT2D eigenvalue weighted by molar-refractivity contribution is 5.99. The first kappa shape index (κ1) is 14.4. The summed E-state index contributed by atoms with van der Waals surface area (Å²) in [5.41, 5.74) is 1.06. The van der Waals surface area contributed by atoms with E-state index in [9.17, 15) is 9.59 Å². The minimum atomic E-state index is -1.07. The average Bonchev–Trinajstić information content (AvgIpc) is 3.10. The molecule has 0 unspecified atom stereocenters. The minimum absolute atomic E-state index is 0.0242. The number of amides is 2. The second-order valence-corrected chi connectivity index (χ2v) is 5.75. The highest BCUT2D eigenvalue weighted by atomic mass is 16.4. The molecule has 0 atom stereocenters. The van der Waals surface area contributed by atoms with E-state index in [1.54, 1.807) is 17.9 Å². The Hall–Kier alpha value is -1.98. The van der Waals surface area contributed by atoms with Crippen molar-refractivity contribution in [3.8, 4) is 0 Å². The van der Waals surface area contributed by atoms with Crippen molar-refractivity contribution in [1.82, 2.24) is 9.88 Å². The molecule has 6 heteroatoms. The van der Waals surface area contributed by atoms with Crippen molar-refractivity contribution in [2.45, 2.75) is 39.7 Å². The number of nitrogens with one attached hydrogen (secondary N) is 2. The number of carbonyl (C=O) groups is 2. The summed E-state index contributed by atoms with van der Waals surface area (Å²) in [7, 11) is 0. The second kappa shape index (κ2) is 5.56. The molecule has 0 aliphatic heterocycles. The standard InChI is InChI=1S/C14H21N3O3/c1-8(2)7-17(10-4-5-10)14(20)16-11-6-9(3)15-12(11)13(18)19/h6,8,10,15H,4-5,7H2,1-3H3,(H,16,20)(H,18,19). The zero-order valence-corrected chi connectivity index (χ0v) is 12.1. The summed E-state index contributed by atoms with van der Waals surface area (Å²) in [5, 5.41) is 11.8. The van der Waals surface area contributed by atoms with Gasteiger partial charge in [0.15, 0.2) is 0 Å². The Morgan fingerprint density at radius 2 is 2.15 bits per heavy atom. The highest BCUT2D eigenvalue weighted by Crippen LogP contribution is 2.28. The van der Waals surface area contributed by atoms with E-state index in [0.29, 0.717) is 29.9 Å². The molecule has 1 heterocycles. The van der Waals surface area contributed by atoms with Gasteiger partial charge in [-0.3, -0.25) is 0 Å². The van der Waals surface area contributed by atoms with Crippen molar-refractivity contribution < 1.29 is 14.7 Å². The molecule has 2 rings (SSSR count). The van der Waals surface area contributed by atoms with Crippen LogP contribution in [-0.4, -0.2) is 39.6 Å². The Bertz CT molecular complexity index is 518. The normalized spacial score (nSPS) is 14.4. The molecule has 2 amide bonds. The van der Waals surface area contributed by atoms with Gasteiger partial charge in [0, 0.05) is 18.3 Å². The molecule has 1 aromatic heterocycles. The maximum absolute atomic E-state index is 12.3. The van der Waals surface area contributed by atoms with E-state index in [4.69, 9.17) is 5.11 Å². The SMILES string of the molecule is Cc1cc(NC(=O)N(CC(C)C)C2CC2)c(C(=O)O)[nH]1. The number of aromatic nitrogens is 1. The quantitative estimate of drug-likeness (QED) is 0.774. The van der Waals surface area contributed by atoms with Gasteiger partial charge in [-0.1, -0.05) is 13.8 Å². The molecule has 1 aromatic rings. The summed E-state index contributed by atoms with van der Waals surface area (Å²) in [5.74, 6) is -0.691. The first-order valence-corrected chi connectivity index (χ1v) is 6.89. The molecule has 0 radical (unpaired) electrons. The van der Waals surface area contributed by atoms with Crippen LogP contribution in [0.5, 0.6) is 0 Å². The molecule has 1 aliphatic rings. The molecule has 110 valence electrons. The van der Waals surface area contributed by atoms with Crippen molar-refractivity contribution in [3.63, 3.8) is 0 Å². The number of hydrogen-bond donors (Lipinski definition) is 3. The van der Waals surface area contributed by atoms with E-state index < -0.39 is 5.97 Å². The van der Waals surface area contributed by atoms with E-state index in [1.165, 1.54) is 0 Å². The third-order valence-electron chi connectivity index (χ3n) is 3.22. The van der Waals surface area contributed by atoms with E-state index in [0.717, 1.165) is 12.8 Å². The largest absolute Gasteiger partial charge is 0.477 e. The van der Waals surface area contributed by atoms with Gasteiger partial charge in [-0.15, -0.1) is 0 Å². The fraction of sp³-hybridized carbons (Fsp3) is 0.571. The van der Waals surface area contributed by atoms with Gasteiger partial charge in [-0.25, -0.2) is 9.59 Å². The molecule has 0 saturated heterocycles. The smallest absolute Gasteiger partial charge is 0.354 e. The summed E-state index contributed by atoms with van der Waals surface area (Å²) in [6.07, 6.45) is 2.05. The van der Waals surface area contributed by atoms with Gasteiger partial charge in [0.25, 0.3) is 0 Å².